The third-order valence-electron chi connectivity index (χ3n) is 11.9. The Labute approximate surface area is 291 Å². The van der Waals surface area contributed by atoms with Crippen LogP contribution in [0.15, 0.2) is 72.8 Å². The fourth-order valence-corrected chi connectivity index (χ4v) is 9.78. The molecule has 3 aliphatic carbocycles. The van der Waals surface area contributed by atoms with Crippen LogP contribution >= 0.6 is 0 Å². The first-order valence-electron chi connectivity index (χ1n) is 18.6. The van der Waals surface area contributed by atoms with Gasteiger partial charge in [-0.25, -0.2) is 0 Å². The number of aromatic hydroxyl groups is 1. The number of phenols is 1. The van der Waals surface area contributed by atoms with Crippen LogP contribution in [-0.4, -0.2) is 71.1 Å². The third kappa shape index (κ3) is 6.06. The molecule has 2 bridgehead atoms. The maximum atomic E-state index is 13.9. The first-order valence-corrected chi connectivity index (χ1v) is 18.6. The lowest BCUT2D eigenvalue weighted by molar-refractivity contribution is -0.221. The van der Waals surface area contributed by atoms with E-state index < -0.39 is 17.2 Å². The van der Waals surface area contributed by atoms with Crippen LogP contribution in [-0.2, 0) is 38.9 Å². The zero-order valence-electron chi connectivity index (χ0n) is 29.3. The Morgan fingerprint density at radius 2 is 1.78 bits per heavy atom. The number of hydrogen-bond acceptors (Lipinski definition) is 7. The molecule has 260 valence electrons. The van der Waals surface area contributed by atoms with E-state index in [0.717, 1.165) is 63.1 Å². The molecule has 3 aromatic rings. The number of nitrogens with zero attached hydrogens (tertiary/aromatic N) is 1. The monoisotopic (exact) mass is 664 g/mol. The van der Waals surface area contributed by atoms with E-state index in [9.17, 15) is 9.90 Å². The van der Waals surface area contributed by atoms with E-state index in [0.29, 0.717) is 18.8 Å². The summed E-state index contributed by atoms with van der Waals surface area (Å²) in [5.41, 5.74) is 3.42. The summed E-state index contributed by atoms with van der Waals surface area (Å²) in [4.78, 5) is 16.6. The first kappa shape index (κ1) is 32.8. The lowest BCUT2D eigenvalue weighted by Gasteiger charge is -2.66. The number of aryl methyl sites for hydroxylation is 1. The van der Waals surface area contributed by atoms with Crippen molar-refractivity contribution in [2.45, 2.75) is 119 Å². The van der Waals surface area contributed by atoms with Gasteiger partial charge in [0.05, 0.1) is 11.0 Å². The van der Waals surface area contributed by atoms with Crippen molar-refractivity contribution in [1.82, 2.24) is 10.2 Å². The van der Waals surface area contributed by atoms with Crippen molar-refractivity contribution in [3.05, 3.63) is 95.1 Å². The SMILES string of the molecule is CC(C)(C)OC(=O)[C@H](Cc1ccccc1)N[C@H]1C[C@@H]2Oc3c(O)ccc4c3[C@@]23CCN(CC2CC2)C(C4)[C@]3(OCCCc2ccccc2)C1. The highest BCUT2D eigenvalue weighted by Gasteiger charge is 2.73. The van der Waals surface area contributed by atoms with Gasteiger partial charge in [-0.1, -0.05) is 66.7 Å². The number of nitrogens with one attached hydrogen (secondary N) is 1. The normalized spacial score (nSPS) is 29.2. The Morgan fingerprint density at radius 1 is 1.04 bits per heavy atom. The van der Waals surface area contributed by atoms with Gasteiger partial charge in [0.1, 0.15) is 17.7 Å². The summed E-state index contributed by atoms with van der Waals surface area (Å²) in [6.45, 7) is 8.55. The standard InChI is InChI=1S/C42H52N2O5/c1-40(2,3)49-39(46)33(23-29-13-8-5-9-14-29)43-32-25-36-41-20-21-44(27-30-16-17-30)35(24-31-18-19-34(45)38(48-36)37(31)41)42(41,26-32)47-22-10-15-28-11-6-4-7-12-28/h4-9,11-14,18-19,30,32-33,35-36,43,45H,10,15-17,20-27H2,1-3H3/t32-,33-,35?,36-,41+,42+/m0/s1. The Morgan fingerprint density at radius 3 is 2.49 bits per heavy atom. The van der Waals surface area contributed by atoms with Crippen LogP contribution in [0, 0.1) is 5.92 Å². The molecular formula is C42H52N2O5. The number of rotatable bonds is 12. The minimum Gasteiger partial charge on any atom is -0.504 e. The van der Waals surface area contributed by atoms with Gasteiger partial charge in [0.2, 0.25) is 0 Å². The Bertz CT molecular complexity index is 1650. The van der Waals surface area contributed by atoms with Gasteiger partial charge in [-0.15, -0.1) is 0 Å². The second-order valence-corrected chi connectivity index (χ2v) is 16.3. The molecule has 6 atom stereocenters. The van der Waals surface area contributed by atoms with Gasteiger partial charge in [-0.05, 0) is 107 Å². The van der Waals surface area contributed by atoms with Crippen molar-refractivity contribution in [3.63, 3.8) is 0 Å². The molecule has 2 saturated carbocycles. The van der Waals surface area contributed by atoms with Gasteiger partial charge in [-0.3, -0.25) is 9.69 Å². The molecule has 49 heavy (non-hydrogen) atoms. The molecule has 0 aromatic heterocycles. The van der Waals surface area contributed by atoms with Crippen LogP contribution in [0.4, 0.5) is 0 Å². The van der Waals surface area contributed by atoms with E-state index >= 15 is 0 Å². The molecule has 5 aliphatic rings. The number of likely N-dealkylation sites (tertiary alicyclic amines) is 1. The topological polar surface area (TPSA) is 80.3 Å². The van der Waals surface area contributed by atoms with Gasteiger partial charge < -0.3 is 24.6 Å². The zero-order valence-corrected chi connectivity index (χ0v) is 29.3. The largest absolute Gasteiger partial charge is 0.504 e. The molecular weight excluding hydrogens is 612 g/mol. The Balaban J connectivity index is 1.16. The van der Waals surface area contributed by atoms with E-state index in [1.54, 1.807) is 0 Å². The summed E-state index contributed by atoms with van der Waals surface area (Å²) >= 11 is 0. The van der Waals surface area contributed by atoms with Crippen LogP contribution in [0.2, 0.25) is 0 Å². The molecule has 1 unspecified atom stereocenters. The van der Waals surface area contributed by atoms with E-state index in [1.165, 1.54) is 29.5 Å². The predicted molar refractivity (Wildman–Crippen MR) is 190 cm³/mol. The van der Waals surface area contributed by atoms with Crippen molar-refractivity contribution < 1.29 is 24.1 Å². The molecule has 0 amide bonds. The zero-order chi connectivity index (χ0) is 33.8. The first-order chi connectivity index (χ1) is 23.6. The van der Waals surface area contributed by atoms with Gasteiger partial charge >= 0.3 is 5.97 Å². The van der Waals surface area contributed by atoms with Gasteiger partial charge in [0.25, 0.3) is 0 Å². The average Bonchev–Trinajstić information content (AvgIpc) is 3.83. The minimum atomic E-state index is -0.596. The number of piperidine rings is 1. The van der Waals surface area contributed by atoms with E-state index in [2.05, 4.69) is 58.7 Å². The fourth-order valence-electron chi connectivity index (χ4n) is 9.78. The summed E-state index contributed by atoms with van der Waals surface area (Å²) in [5, 5.41) is 15.1. The smallest absolute Gasteiger partial charge is 0.324 e. The minimum absolute atomic E-state index is 0.0464. The van der Waals surface area contributed by atoms with Crippen LogP contribution in [0.5, 0.6) is 11.5 Å². The van der Waals surface area contributed by atoms with E-state index in [-0.39, 0.29) is 35.3 Å². The number of carbonyl (C=O) groups is 1. The Hall–Kier alpha value is -3.39. The average molecular weight is 665 g/mol. The lowest BCUT2D eigenvalue weighted by Crippen LogP contribution is -2.78. The van der Waals surface area contributed by atoms with Crippen molar-refractivity contribution >= 4 is 5.97 Å². The summed E-state index contributed by atoms with van der Waals surface area (Å²) in [6.07, 6.45) is 8.18. The van der Waals surface area contributed by atoms with E-state index in [1.807, 2.05) is 45.0 Å². The maximum Gasteiger partial charge on any atom is 0.324 e. The molecule has 3 aromatic carbocycles. The van der Waals surface area contributed by atoms with E-state index in [4.69, 9.17) is 14.2 Å². The second-order valence-electron chi connectivity index (χ2n) is 16.3. The summed E-state index contributed by atoms with van der Waals surface area (Å²) in [7, 11) is 0. The van der Waals surface area contributed by atoms with Crippen molar-refractivity contribution in [2.24, 2.45) is 5.92 Å². The second kappa shape index (κ2) is 12.7. The van der Waals surface area contributed by atoms with Gasteiger partial charge in [-0.2, -0.15) is 0 Å². The molecule has 2 aliphatic heterocycles. The van der Waals surface area contributed by atoms with Crippen molar-refractivity contribution in [1.29, 1.82) is 0 Å². The van der Waals surface area contributed by atoms with Crippen LogP contribution in [0.1, 0.15) is 81.5 Å². The molecule has 0 radical (unpaired) electrons. The maximum absolute atomic E-state index is 13.9. The molecule has 2 heterocycles. The summed E-state index contributed by atoms with van der Waals surface area (Å²) in [6, 6.07) is 24.5. The highest BCUT2D eigenvalue weighted by Crippen LogP contribution is 2.66. The van der Waals surface area contributed by atoms with Crippen molar-refractivity contribution in [2.75, 3.05) is 19.7 Å². The van der Waals surface area contributed by atoms with Crippen molar-refractivity contribution in [3.8, 4) is 11.5 Å². The number of hydrogen-bond donors (Lipinski definition) is 2. The van der Waals surface area contributed by atoms with Crippen LogP contribution < -0.4 is 10.1 Å². The Kier molecular flexibility index (Phi) is 8.53. The molecule has 7 nitrogen and oxygen atoms in total. The predicted octanol–water partition coefficient (Wildman–Crippen LogP) is 6.52. The molecule has 1 saturated heterocycles. The van der Waals surface area contributed by atoms with Gasteiger partial charge in [0, 0.05) is 37.2 Å². The molecule has 7 heteroatoms. The highest BCUT2D eigenvalue weighted by molar-refractivity contribution is 5.76. The molecule has 2 N–H and O–H groups in total. The quantitative estimate of drug-likeness (QED) is 0.169. The van der Waals surface area contributed by atoms with Crippen LogP contribution in [0.25, 0.3) is 0 Å². The molecule has 3 fully saturated rings. The summed E-state index contributed by atoms with van der Waals surface area (Å²) in [5.74, 6) is 1.41. The third-order valence-corrected chi connectivity index (χ3v) is 11.9. The highest BCUT2D eigenvalue weighted by atomic mass is 16.6. The molecule has 1 spiro atoms. The number of benzene rings is 3. The number of phenolic OH excluding ortho intramolecular Hbond substituents is 1. The lowest BCUT2D eigenvalue weighted by atomic mass is 9.48. The fraction of sp³-hybridized carbons (Fsp3) is 0.548. The number of ether oxygens (including phenoxy) is 3. The molecule has 8 rings (SSSR count). The number of esters is 1. The van der Waals surface area contributed by atoms with Crippen LogP contribution in [0.3, 0.4) is 0 Å². The summed E-state index contributed by atoms with van der Waals surface area (Å²) < 4.78 is 20.4. The van der Waals surface area contributed by atoms with Gasteiger partial charge in [0.15, 0.2) is 11.5 Å². The number of carbonyl (C=O) groups excluding carboxylic acids is 1.